The van der Waals surface area contributed by atoms with Crippen molar-refractivity contribution in [2.24, 2.45) is 0 Å². The number of esters is 1. The van der Waals surface area contributed by atoms with Crippen molar-refractivity contribution in [3.05, 3.63) is 70.8 Å². The van der Waals surface area contributed by atoms with Crippen molar-refractivity contribution in [3.63, 3.8) is 0 Å². The first-order valence-electron chi connectivity index (χ1n) is 10.5. The molecule has 2 aromatic carbocycles. The summed E-state index contributed by atoms with van der Waals surface area (Å²) in [5.74, 6) is 0.455. The molecule has 0 fully saturated rings. The van der Waals surface area contributed by atoms with Crippen LogP contribution in [0.5, 0.6) is 17.2 Å². The molecule has 0 N–H and O–H groups in total. The van der Waals surface area contributed by atoms with E-state index in [9.17, 15) is 9.59 Å². The number of hydrogen-bond acceptors (Lipinski definition) is 7. The Morgan fingerprint density at radius 3 is 2.21 bits per heavy atom. The largest absolute Gasteiger partial charge is 0.493 e. The molecular weight excluding hydrogens is 424 g/mol. The maximum absolute atomic E-state index is 13.7. The summed E-state index contributed by atoms with van der Waals surface area (Å²) >= 11 is 0. The van der Waals surface area contributed by atoms with E-state index in [1.54, 1.807) is 18.2 Å². The zero-order valence-electron chi connectivity index (χ0n) is 19.3. The monoisotopic (exact) mass is 452 g/mol. The fourth-order valence-electron chi connectivity index (χ4n) is 3.62. The molecule has 0 amide bonds. The molecule has 0 aliphatic heterocycles. The van der Waals surface area contributed by atoms with E-state index in [0.717, 1.165) is 17.6 Å². The summed E-state index contributed by atoms with van der Waals surface area (Å²) in [6.45, 7) is 0.463. The van der Waals surface area contributed by atoms with Gasteiger partial charge >= 0.3 is 5.97 Å². The van der Waals surface area contributed by atoms with Crippen molar-refractivity contribution in [2.75, 3.05) is 41.7 Å². The van der Waals surface area contributed by atoms with E-state index in [1.807, 2.05) is 24.3 Å². The molecule has 7 nitrogen and oxygen atoms in total. The lowest BCUT2D eigenvalue weighted by Gasteiger charge is -2.15. The van der Waals surface area contributed by atoms with E-state index in [4.69, 9.17) is 23.7 Å². The molecule has 0 saturated carbocycles. The molecule has 33 heavy (non-hydrogen) atoms. The first-order valence-corrected chi connectivity index (χ1v) is 10.5. The third-order valence-corrected chi connectivity index (χ3v) is 5.31. The summed E-state index contributed by atoms with van der Waals surface area (Å²) in [4.78, 5) is 26.0. The number of hydrogen-bond donors (Lipinski definition) is 0. The average molecular weight is 453 g/mol. The van der Waals surface area contributed by atoms with Crippen LogP contribution >= 0.6 is 0 Å². The van der Waals surface area contributed by atoms with Crippen LogP contribution in [0.3, 0.4) is 0 Å². The maximum atomic E-state index is 13.7. The Morgan fingerprint density at radius 2 is 1.64 bits per heavy atom. The van der Waals surface area contributed by atoms with Gasteiger partial charge in [0.1, 0.15) is 6.61 Å². The van der Waals surface area contributed by atoms with Crippen LogP contribution in [0, 0.1) is 0 Å². The van der Waals surface area contributed by atoms with Gasteiger partial charge in [-0.15, -0.1) is 0 Å². The Balaban J connectivity index is 2.02. The molecule has 1 aliphatic carbocycles. The van der Waals surface area contributed by atoms with Crippen LogP contribution in [0.15, 0.2) is 48.6 Å². The number of rotatable bonds is 11. The second kappa shape index (κ2) is 11.3. The van der Waals surface area contributed by atoms with Gasteiger partial charge < -0.3 is 23.7 Å². The molecule has 2 aromatic rings. The quantitative estimate of drug-likeness (QED) is 0.289. The lowest BCUT2D eigenvalue weighted by molar-refractivity contribution is -0.144. The van der Waals surface area contributed by atoms with Gasteiger partial charge in [-0.25, -0.2) is 0 Å². The topological polar surface area (TPSA) is 80.3 Å². The van der Waals surface area contributed by atoms with E-state index in [-0.39, 0.29) is 18.8 Å². The van der Waals surface area contributed by atoms with Crippen LogP contribution in [0.1, 0.15) is 33.5 Å². The number of carbonyl (C=O) groups is 2. The summed E-state index contributed by atoms with van der Waals surface area (Å²) in [5, 5.41) is 0. The highest BCUT2D eigenvalue weighted by atomic mass is 16.6. The van der Waals surface area contributed by atoms with Gasteiger partial charge in [0.15, 0.2) is 17.3 Å². The number of carbonyl (C=O) groups excluding carboxylic acids is 2. The van der Waals surface area contributed by atoms with Gasteiger partial charge in [0, 0.05) is 18.2 Å². The van der Waals surface area contributed by atoms with Crippen molar-refractivity contribution >= 4 is 17.3 Å². The van der Waals surface area contributed by atoms with E-state index < -0.39 is 5.97 Å². The minimum absolute atomic E-state index is 0.0349. The highest BCUT2D eigenvalue weighted by molar-refractivity contribution is 6.11. The van der Waals surface area contributed by atoms with E-state index in [0.29, 0.717) is 40.5 Å². The summed E-state index contributed by atoms with van der Waals surface area (Å²) < 4.78 is 26.3. The molecule has 0 bridgehead atoms. The highest BCUT2D eigenvalue weighted by Gasteiger charge is 2.22. The van der Waals surface area contributed by atoms with Crippen LogP contribution in [-0.2, 0) is 20.7 Å². The smallest absolute Gasteiger partial charge is 0.310 e. The van der Waals surface area contributed by atoms with Crippen LogP contribution in [-0.4, -0.2) is 53.4 Å². The lowest BCUT2D eigenvalue weighted by atomic mass is 9.92. The van der Waals surface area contributed by atoms with Crippen LogP contribution < -0.4 is 14.2 Å². The third-order valence-electron chi connectivity index (χ3n) is 5.31. The summed E-state index contributed by atoms with van der Waals surface area (Å²) in [6.07, 6.45) is 6.80. The fourth-order valence-corrected chi connectivity index (χ4v) is 3.62. The van der Waals surface area contributed by atoms with E-state index in [2.05, 4.69) is 6.08 Å². The van der Waals surface area contributed by atoms with Crippen molar-refractivity contribution in [2.45, 2.75) is 12.8 Å². The van der Waals surface area contributed by atoms with Gasteiger partial charge in [0.2, 0.25) is 5.75 Å². The second-order valence-electron chi connectivity index (χ2n) is 7.33. The number of allylic oxidation sites excluding steroid dienone is 4. The highest BCUT2D eigenvalue weighted by Crippen LogP contribution is 2.39. The maximum Gasteiger partial charge on any atom is 0.310 e. The van der Waals surface area contributed by atoms with Crippen molar-refractivity contribution in [1.82, 2.24) is 0 Å². The minimum Gasteiger partial charge on any atom is -0.493 e. The van der Waals surface area contributed by atoms with Crippen molar-refractivity contribution < 1.29 is 33.3 Å². The van der Waals surface area contributed by atoms with Crippen LogP contribution in [0.2, 0.25) is 0 Å². The minimum atomic E-state index is -0.430. The molecule has 0 saturated heterocycles. The number of ketones is 1. The standard InChI is InChI=1S/C26H28O7/c1-29-11-12-33-24(27)16-19-10-9-18(17-7-5-6-8-17)13-21(19)25(28)20-14-22(30-2)26(32-4)23(15-20)31-3/h5-7,9-10,13-15H,8,11-12,16H2,1-4H3. The molecule has 3 rings (SSSR count). The summed E-state index contributed by atoms with van der Waals surface area (Å²) in [6, 6.07) is 8.75. The average Bonchev–Trinajstić information content (AvgIpc) is 3.38. The Morgan fingerprint density at radius 1 is 0.909 bits per heavy atom. The van der Waals surface area contributed by atoms with Gasteiger partial charge in [0.25, 0.3) is 0 Å². The Hall–Kier alpha value is -3.58. The zero-order chi connectivity index (χ0) is 23.8. The predicted octanol–water partition coefficient (Wildman–Crippen LogP) is 4.02. The number of benzene rings is 2. The van der Waals surface area contributed by atoms with Crippen molar-refractivity contribution in [3.8, 4) is 17.2 Å². The Kier molecular flexibility index (Phi) is 8.27. The molecule has 0 unspecified atom stereocenters. The van der Waals surface area contributed by atoms with Gasteiger partial charge in [-0.1, -0.05) is 30.4 Å². The van der Waals surface area contributed by atoms with Gasteiger partial charge in [-0.05, 0) is 41.3 Å². The number of methoxy groups -OCH3 is 4. The van der Waals surface area contributed by atoms with E-state index >= 15 is 0 Å². The second-order valence-corrected chi connectivity index (χ2v) is 7.33. The first kappa shape index (κ1) is 24.1. The molecule has 1 aliphatic rings. The van der Waals surface area contributed by atoms with Crippen LogP contribution in [0.25, 0.3) is 5.57 Å². The molecule has 0 radical (unpaired) electrons. The molecule has 0 spiro atoms. The van der Waals surface area contributed by atoms with E-state index in [1.165, 1.54) is 28.4 Å². The zero-order valence-corrected chi connectivity index (χ0v) is 19.3. The third kappa shape index (κ3) is 5.62. The molecule has 174 valence electrons. The molecule has 0 atom stereocenters. The Bertz CT molecular complexity index is 1060. The van der Waals surface area contributed by atoms with Gasteiger partial charge in [-0.2, -0.15) is 0 Å². The lowest BCUT2D eigenvalue weighted by Crippen LogP contribution is -2.15. The predicted molar refractivity (Wildman–Crippen MR) is 124 cm³/mol. The molecular formula is C26H28O7. The normalized spacial score (nSPS) is 12.3. The number of ether oxygens (including phenoxy) is 5. The first-order chi connectivity index (χ1) is 16.0. The summed E-state index contributed by atoms with van der Waals surface area (Å²) in [5.41, 5.74) is 3.37. The fraction of sp³-hybridized carbons (Fsp3) is 0.308. The Labute approximate surface area is 193 Å². The van der Waals surface area contributed by atoms with Crippen molar-refractivity contribution in [1.29, 1.82) is 0 Å². The summed E-state index contributed by atoms with van der Waals surface area (Å²) in [7, 11) is 6.02. The molecule has 0 heterocycles. The molecule has 7 heteroatoms. The van der Waals surface area contributed by atoms with Crippen LogP contribution in [0.4, 0.5) is 0 Å². The van der Waals surface area contributed by atoms with Gasteiger partial charge in [-0.3, -0.25) is 9.59 Å². The molecule has 0 aromatic heterocycles. The van der Waals surface area contributed by atoms with Gasteiger partial charge in [0.05, 0.1) is 34.4 Å². The SMILES string of the molecule is COCCOC(=O)Cc1ccc(C2=CC=CC2)cc1C(=O)c1cc(OC)c(OC)c(OC)c1.